The number of nitrogens with zero attached hydrogens (tertiary/aromatic N) is 2. The molecule has 15 aromatic carbocycles. The molecule has 0 radical (unpaired) electrons. The van der Waals surface area contributed by atoms with E-state index in [1.54, 1.807) is 10.4 Å². The van der Waals surface area contributed by atoms with Gasteiger partial charge in [-0.1, -0.05) is 307 Å². The van der Waals surface area contributed by atoms with Crippen LogP contribution < -0.4 is 20.2 Å². The quantitative estimate of drug-likeness (QED) is 0.0480. The Morgan fingerprint density at radius 2 is 0.383 bits per heavy atom. The average Bonchev–Trinajstić information content (AvgIpc) is 0.710. The Morgan fingerprint density at radius 3 is 0.638 bits per heavy atom. The van der Waals surface area contributed by atoms with Crippen molar-refractivity contribution in [3.8, 4) is 44.5 Å². The molecule has 0 aromatic heterocycles. The summed E-state index contributed by atoms with van der Waals surface area (Å²) in [6, 6.07) is 122. The monoisotopic (exact) mass is 1240 g/mol. The summed E-state index contributed by atoms with van der Waals surface area (Å²) in [4.78, 5) is 4.91. The van der Waals surface area contributed by atoms with Crippen LogP contribution in [0.15, 0.2) is 303 Å². The zero-order chi connectivity index (χ0) is 63.9. The second-order valence-electron chi connectivity index (χ2n) is 25.9. The summed E-state index contributed by atoms with van der Waals surface area (Å²) >= 11 is 0. The van der Waals surface area contributed by atoms with Gasteiger partial charge in [0.2, 0.25) is 0 Å². The Hall–Kier alpha value is -10.1. The first-order valence-corrected chi connectivity index (χ1v) is 39.5. The summed E-state index contributed by atoms with van der Waals surface area (Å²) in [5.74, 6) is 0. The van der Waals surface area contributed by atoms with Gasteiger partial charge in [-0.05, 0) is 194 Å². The van der Waals surface area contributed by atoms with E-state index >= 15 is 0 Å². The summed E-state index contributed by atoms with van der Waals surface area (Å²) in [5.41, 5.74) is 16.4. The number of hydrogen-bond donors (Lipinski definition) is 0. The Morgan fingerprint density at radius 1 is 0.181 bits per heavy atom. The highest BCUT2D eigenvalue weighted by atomic mass is 28.3. The Kier molecular flexibility index (Phi) is 16.3. The van der Waals surface area contributed by atoms with Crippen molar-refractivity contribution in [1.29, 1.82) is 0 Å². The highest BCUT2D eigenvalue weighted by Crippen LogP contribution is 2.47. The molecule has 0 atom stereocenters. The third-order valence-electron chi connectivity index (χ3n) is 21.7. The van der Waals surface area contributed by atoms with Crippen LogP contribution >= 0.6 is 0 Å². The lowest BCUT2D eigenvalue weighted by atomic mass is 9.88. The molecule has 0 aliphatic rings. The second-order valence-corrected chi connectivity index (χ2v) is 36.4. The van der Waals surface area contributed by atoms with Gasteiger partial charge >= 0.3 is 0 Å². The minimum absolute atomic E-state index is 1.11. The fourth-order valence-corrected chi connectivity index (χ4v) is 23.0. The van der Waals surface area contributed by atoms with E-state index in [1.807, 2.05) is 0 Å². The molecular weight excluding hydrogens is 1170 g/mol. The number of benzene rings is 15. The summed E-state index contributed by atoms with van der Waals surface area (Å²) < 4.78 is 0. The third kappa shape index (κ3) is 10.7. The lowest BCUT2D eigenvalue weighted by Crippen LogP contribution is -2.45. The van der Waals surface area contributed by atoms with Gasteiger partial charge in [-0.2, -0.15) is 0 Å². The molecular formula is C90H80N2Si2. The maximum atomic E-state index is 2.66. The highest BCUT2D eigenvalue weighted by molar-refractivity contribution is 6.92. The summed E-state index contributed by atoms with van der Waals surface area (Å²) in [6.45, 7) is 14.7. The first kappa shape index (κ1) is 60.2. The largest absolute Gasteiger partial charge is 0.310 e. The van der Waals surface area contributed by atoms with Crippen LogP contribution in [0.1, 0.15) is 41.5 Å². The normalized spacial score (nSPS) is 12.0. The molecule has 0 aliphatic carbocycles. The molecule has 0 fully saturated rings. The van der Waals surface area contributed by atoms with Gasteiger partial charge in [0, 0.05) is 34.1 Å². The summed E-state index contributed by atoms with van der Waals surface area (Å²) in [6.07, 6.45) is 0. The molecule has 0 amide bonds. The molecule has 0 spiro atoms. The molecule has 0 saturated heterocycles. The van der Waals surface area contributed by atoms with Crippen molar-refractivity contribution in [1.82, 2.24) is 0 Å². The van der Waals surface area contributed by atoms with E-state index in [4.69, 9.17) is 0 Å². The van der Waals surface area contributed by atoms with Crippen molar-refractivity contribution in [3.05, 3.63) is 303 Å². The topological polar surface area (TPSA) is 6.48 Å². The van der Waals surface area contributed by atoms with E-state index in [0.29, 0.717) is 0 Å². The van der Waals surface area contributed by atoms with Gasteiger partial charge in [0.15, 0.2) is 0 Å². The fraction of sp³-hybridized carbons (Fsp3) is 0.133. The van der Waals surface area contributed by atoms with Crippen molar-refractivity contribution in [2.24, 2.45) is 0 Å². The van der Waals surface area contributed by atoms with Crippen molar-refractivity contribution in [2.75, 3.05) is 9.80 Å². The average molecular weight is 1250 g/mol. The van der Waals surface area contributed by atoms with E-state index in [2.05, 4.69) is 355 Å². The number of rotatable bonds is 18. The van der Waals surface area contributed by atoms with Crippen molar-refractivity contribution >= 4 is 125 Å². The van der Waals surface area contributed by atoms with Crippen molar-refractivity contribution in [3.63, 3.8) is 0 Å². The minimum atomic E-state index is -1.83. The van der Waals surface area contributed by atoms with Gasteiger partial charge in [0.05, 0.1) is 16.1 Å². The van der Waals surface area contributed by atoms with Crippen LogP contribution in [0.3, 0.4) is 0 Å². The van der Waals surface area contributed by atoms with Crippen LogP contribution in [0, 0.1) is 0 Å². The summed E-state index contributed by atoms with van der Waals surface area (Å²) in [7, 11) is -3.67. The number of fused-ring (bicyclic) bond motifs is 12. The molecule has 0 N–H and O–H groups in total. The second kappa shape index (κ2) is 25.4. The molecule has 15 rings (SSSR count). The molecule has 94 heavy (non-hydrogen) atoms. The van der Waals surface area contributed by atoms with E-state index in [9.17, 15) is 0 Å². The lowest BCUT2D eigenvalue weighted by molar-refractivity contribution is 1.20. The van der Waals surface area contributed by atoms with Crippen molar-refractivity contribution in [2.45, 2.75) is 77.8 Å². The maximum Gasteiger partial charge on any atom is 0.0859 e. The number of hydrogen-bond acceptors (Lipinski definition) is 2. The van der Waals surface area contributed by atoms with Crippen LogP contribution in [0.2, 0.25) is 36.3 Å². The van der Waals surface area contributed by atoms with Crippen LogP contribution in [0.25, 0.3) is 109 Å². The third-order valence-corrected chi connectivity index (χ3v) is 32.9. The first-order chi connectivity index (χ1) is 46.2. The fourth-order valence-electron chi connectivity index (χ4n) is 15.8. The molecule has 0 heterocycles. The van der Waals surface area contributed by atoms with Gasteiger partial charge in [0.1, 0.15) is 0 Å². The maximum absolute atomic E-state index is 2.66. The van der Waals surface area contributed by atoms with Crippen LogP contribution in [-0.4, -0.2) is 16.1 Å². The van der Waals surface area contributed by atoms with Gasteiger partial charge in [-0.15, -0.1) is 0 Å². The molecule has 0 saturated carbocycles. The van der Waals surface area contributed by atoms with Gasteiger partial charge in [-0.25, -0.2) is 0 Å². The predicted molar refractivity (Wildman–Crippen MR) is 416 cm³/mol. The Labute approximate surface area is 557 Å². The van der Waals surface area contributed by atoms with Gasteiger partial charge in [0.25, 0.3) is 0 Å². The SMILES string of the molecule is CC[Si](CC)(CC)c1ccc2c3cc(N(c4ccc(-c5ccccc5)cc4)c4ccc(-c5ccccc5)cc4)ccc3c3cc4c5cc([Si](CC)(CC)CC)ccc5c5cc(N(c6ccc(-c7ccccc7)cc6)c6ccc(-c7ccccc7)cc6)ccc5c4cc3c2c1. The molecule has 0 bridgehead atoms. The van der Waals surface area contributed by atoms with Gasteiger partial charge < -0.3 is 9.80 Å². The van der Waals surface area contributed by atoms with Gasteiger partial charge in [-0.3, -0.25) is 0 Å². The van der Waals surface area contributed by atoms with E-state index in [1.165, 1.54) is 145 Å². The van der Waals surface area contributed by atoms with Crippen LogP contribution in [-0.2, 0) is 0 Å². The lowest BCUT2D eigenvalue weighted by Gasteiger charge is -2.30. The summed E-state index contributed by atoms with van der Waals surface area (Å²) in [5, 5.41) is 18.7. The van der Waals surface area contributed by atoms with E-state index in [-0.39, 0.29) is 0 Å². The molecule has 2 nitrogen and oxygen atoms in total. The molecule has 15 aromatic rings. The Balaban J connectivity index is 0.978. The van der Waals surface area contributed by atoms with Crippen molar-refractivity contribution < 1.29 is 0 Å². The molecule has 458 valence electrons. The van der Waals surface area contributed by atoms with Crippen LogP contribution in [0.4, 0.5) is 34.1 Å². The molecule has 0 aliphatic heterocycles. The first-order valence-electron chi connectivity index (χ1n) is 34.2. The minimum Gasteiger partial charge on any atom is -0.310 e. The smallest absolute Gasteiger partial charge is 0.0859 e. The van der Waals surface area contributed by atoms with Crippen LogP contribution in [0.5, 0.6) is 0 Å². The zero-order valence-corrected chi connectivity index (χ0v) is 57.0. The highest BCUT2D eigenvalue weighted by Gasteiger charge is 2.32. The van der Waals surface area contributed by atoms with E-state index < -0.39 is 16.1 Å². The zero-order valence-electron chi connectivity index (χ0n) is 55.0. The molecule has 4 heteroatoms. The molecule has 0 unspecified atom stereocenters. The predicted octanol–water partition coefficient (Wildman–Crippen LogP) is 25.6. The Bertz CT molecular complexity index is 4700. The standard InChI is InChI=1S/C90H80N2Si2/c1-7-93(8-2,9-3)77-51-55-81-83-57-75(91(71-41-33-67(34-42-71)63-25-17-13-18-26-63)72-43-35-68(36-44-72)64-27-19-14-20-28-64)49-53-79(83)87-62-90-86-60-78(94(10-4,11-5)12-6)52-56-82(86)84-58-76(50-54-80(84)88(90)61-89(87)85(81)59-77)92(73-45-37-69(38-46-73)65-29-21-15-22-30-65)74-47-39-70(40-48-74)66-31-23-16-24-32-66/h13-62H,7-12H2,1-6H3. The number of anilines is 6. The van der Waals surface area contributed by atoms with E-state index in [0.717, 1.165) is 34.1 Å².